The van der Waals surface area contributed by atoms with E-state index in [4.69, 9.17) is 4.99 Å². The van der Waals surface area contributed by atoms with Crippen LogP contribution in [-0.4, -0.2) is 52.4 Å². The quantitative estimate of drug-likeness (QED) is 0.648. The second kappa shape index (κ2) is 9.19. The molecule has 8 atom stereocenters. The van der Waals surface area contributed by atoms with Gasteiger partial charge in [0.05, 0.1) is 22.9 Å². The maximum absolute atomic E-state index is 13.2. The van der Waals surface area contributed by atoms with Gasteiger partial charge in [0.25, 0.3) is 0 Å². The number of nitrogens with one attached hydrogen (secondary N) is 2. The van der Waals surface area contributed by atoms with Crippen molar-refractivity contribution in [2.45, 2.75) is 83.3 Å². The fourth-order valence-corrected chi connectivity index (χ4v) is 8.14. The maximum Gasteiger partial charge on any atom is 0.188 e. The predicted octanol–water partition coefficient (Wildman–Crippen LogP) is 2.44. The van der Waals surface area contributed by atoms with Crippen molar-refractivity contribution in [1.82, 2.24) is 10.6 Å². The molecule has 4 rings (SSSR count). The van der Waals surface area contributed by atoms with Crippen LogP contribution in [0, 0.1) is 29.1 Å². The van der Waals surface area contributed by atoms with Gasteiger partial charge in [-0.1, -0.05) is 33.1 Å². The summed E-state index contributed by atoms with van der Waals surface area (Å²) in [6.07, 6.45) is 10.8. The van der Waals surface area contributed by atoms with Crippen LogP contribution in [0.1, 0.15) is 65.2 Å². The molecule has 2 aliphatic carbocycles. The van der Waals surface area contributed by atoms with Gasteiger partial charge in [0.2, 0.25) is 0 Å². The molecule has 2 saturated carbocycles. The van der Waals surface area contributed by atoms with Gasteiger partial charge in [-0.2, -0.15) is 0 Å². The SMILES string of the molecule is CC1CNC(CS(=O)C2=NC3CCC(C=O)CC3N2)C(C)C1(C=O)C1CCCCC1. The highest BCUT2D eigenvalue weighted by atomic mass is 32.2. The van der Waals surface area contributed by atoms with Gasteiger partial charge >= 0.3 is 0 Å². The monoisotopic (exact) mass is 435 g/mol. The summed E-state index contributed by atoms with van der Waals surface area (Å²) in [6.45, 7) is 5.19. The molecule has 168 valence electrons. The van der Waals surface area contributed by atoms with Gasteiger partial charge in [-0.15, -0.1) is 0 Å². The summed E-state index contributed by atoms with van der Waals surface area (Å²) in [4.78, 5) is 28.4. The second-order valence-corrected chi connectivity index (χ2v) is 11.5. The molecule has 1 saturated heterocycles. The lowest BCUT2D eigenvalue weighted by Crippen LogP contribution is -2.61. The number of carbonyl (C=O) groups is 2. The van der Waals surface area contributed by atoms with Crippen LogP contribution in [0.5, 0.6) is 0 Å². The Kier molecular flexibility index (Phi) is 6.78. The van der Waals surface area contributed by atoms with E-state index < -0.39 is 10.8 Å². The molecule has 3 fully saturated rings. The molecule has 2 N–H and O–H groups in total. The number of carbonyl (C=O) groups excluding carboxylic acids is 2. The van der Waals surface area contributed by atoms with Crippen molar-refractivity contribution in [2.75, 3.05) is 12.3 Å². The van der Waals surface area contributed by atoms with Crippen LogP contribution in [0.25, 0.3) is 0 Å². The Labute approximate surface area is 182 Å². The van der Waals surface area contributed by atoms with Crippen molar-refractivity contribution in [2.24, 2.45) is 34.1 Å². The van der Waals surface area contributed by atoms with Gasteiger partial charge in [-0.05, 0) is 56.4 Å². The number of hydrogen-bond acceptors (Lipinski definition) is 6. The lowest BCUT2D eigenvalue weighted by atomic mass is 9.55. The lowest BCUT2D eigenvalue weighted by molar-refractivity contribution is -0.133. The standard InChI is InChI=1S/C23H37N3O3S/c1-15-11-24-21(16(2)23(15,14-28)18-6-4-3-5-7-18)13-30(29)22-25-19-9-8-17(12-27)10-20(19)26-22/h12,14-21,24H,3-11,13H2,1-2H3,(H,25,26). The molecule has 30 heavy (non-hydrogen) atoms. The minimum absolute atomic E-state index is 0.0454. The first-order valence-corrected chi connectivity index (χ1v) is 13.2. The Balaban J connectivity index is 1.45. The fraction of sp³-hybridized carbons (Fsp3) is 0.870. The molecule has 8 unspecified atom stereocenters. The number of nitrogens with zero attached hydrogens (tertiary/aromatic N) is 1. The molecule has 0 bridgehead atoms. The number of amidine groups is 1. The minimum atomic E-state index is -1.22. The first kappa shape index (κ1) is 22.1. The summed E-state index contributed by atoms with van der Waals surface area (Å²) >= 11 is 0. The summed E-state index contributed by atoms with van der Waals surface area (Å²) in [5, 5.41) is 7.56. The van der Waals surface area contributed by atoms with E-state index in [0.717, 1.165) is 44.9 Å². The van der Waals surface area contributed by atoms with Gasteiger partial charge in [0.15, 0.2) is 5.17 Å². The fourth-order valence-electron chi connectivity index (χ4n) is 6.71. The van der Waals surface area contributed by atoms with Crippen molar-refractivity contribution >= 4 is 28.5 Å². The van der Waals surface area contributed by atoms with Crippen molar-refractivity contribution < 1.29 is 13.8 Å². The maximum atomic E-state index is 13.2. The summed E-state index contributed by atoms with van der Waals surface area (Å²) in [7, 11) is -1.22. The van der Waals surface area contributed by atoms with E-state index >= 15 is 0 Å². The van der Waals surface area contributed by atoms with Gasteiger partial charge in [-0.25, -0.2) is 0 Å². The van der Waals surface area contributed by atoms with E-state index in [1.54, 1.807) is 0 Å². The van der Waals surface area contributed by atoms with Crippen LogP contribution < -0.4 is 10.6 Å². The summed E-state index contributed by atoms with van der Waals surface area (Å²) in [5.74, 6) is 1.46. The highest BCUT2D eigenvalue weighted by Gasteiger charge is 2.52. The van der Waals surface area contributed by atoms with E-state index in [1.807, 2.05) is 0 Å². The van der Waals surface area contributed by atoms with Gasteiger partial charge in [0, 0.05) is 23.1 Å². The predicted molar refractivity (Wildman–Crippen MR) is 120 cm³/mol. The normalized spacial score (nSPS) is 43.2. The van der Waals surface area contributed by atoms with Crippen molar-refractivity contribution in [3.05, 3.63) is 0 Å². The van der Waals surface area contributed by atoms with Crippen molar-refractivity contribution in [3.63, 3.8) is 0 Å². The molecule has 2 heterocycles. The molecule has 6 nitrogen and oxygen atoms in total. The first-order valence-electron chi connectivity index (χ1n) is 11.9. The topological polar surface area (TPSA) is 87.6 Å². The minimum Gasteiger partial charge on any atom is -0.358 e. The molecule has 0 aromatic rings. The average molecular weight is 436 g/mol. The van der Waals surface area contributed by atoms with Crippen LogP contribution in [0.3, 0.4) is 0 Å². The third-order valence-corrected chi connectivity index (χ3v) is 9.95. The van der Waals surface area contributed by atoms with E-state index in [9.17, 15) is 13.8 Å². The van der Waals surface area contributed by atoms with E-state index in [2.05, 4.69) is 24.5 Å². The molecule has 0 aromatic heterocycles. The third kappa shape index (κ3) is 3.92. The Hall–Kier alpha value is -1.08. The van der Waals surface area contributed by atoms with Crippen LogP contribution in [-0.2, 0) is 20.4 Å². The first-order chi connectivity index (χ1) is 14.5. The highest BCUT2D eigenvalue weighted by Crippen LogP contribution is 2.50. The third-order valence-electron chi connectivity index (χ3n) is 8.63. The Morgan fingerprint density at radius 3 is 2.60 bits per heavy atom. The molecule has 0 aromatic carbocycles. The Bertz CT molecular complexity index is 708. The van der Waals surface area contributed by atoms with E-state index in [-0.39, 0.29) is 35.4 Å². The van der Waals surface area contributed by atoms with Gasteiger partial charge in [0.1, 0.15) is 12.6 Å². The van der Waals surface area contributed by atoms with E-state index in [0.29, 0.717) is 22.8 Å². The average Bonchev–Trinajstić information content (AvgIpc) is 3.20. The molecule has 4 aliphatic rings. The number of aliphatic imine (C=N–C) groups is 1. The molecular weight excluding hydrogens is 398 g/mol. The largest absolute Gasteiger partial charge is 0.358 e. The molecule has 2 aliphatic heterocycles. The molecule has 0 amide bonds. The van der Waals surface area contributed by atoms with Crippen molar-refractivity contribution in [1.29, 1.82) is 0 Å². The van der Waals surface area contributed by atoms with E-state index in [1.165, 1.54) is 25.5 Å². The zero-order valence-corrected chi connectivity index (χ0v) is 19.2. The second-order valence-electron chi connectivity index (χ2n) is 10.1. The molecular formula is C23H37N3O3S. The van der Waals surface area contributed by atoms with Crippen LogP contribution >= 0.6 is 0 Å². The Morgan fingerprint density at radius 1 is 1.13 bits per heavy atom. The van der Waals surface area contributed by atoms with Gasteiger partial charge < -0.3 is 20.2 Å². The highest BCUT2D eigenvalue weighted by molar-refractivity contribution is 8.00. The zero-order valence-electron chi connectivity index (χ0n) is 18.3. The van der Waals surface area contributed by atoms with Crippen LogP contribution in [0.2, 0.25) is 0 Å². The number of rotatable bonds is 5. The molecule has 0 radical (unpaired) electrons. The van der Waals surface area contributed by atoms with Crippen molar-refractivity contribution in [3.8, 4) is 0 Å². The molecule has 7 heteroatoms. The van der Waals surface area contributed by atoms with Crippen LogP contribution in [0.15, 0.2) is 4.99 Å². The summed E-state index contributed by atoms with van der Waals surface area (Å²) in [6, 6.07) is 0.332. The Morgan fingerprint density at radius 2 is 1.90 bits per heavy atom. The number of aldehydes is 2. The van der Waals surface area contributed by atoms with Gasteiger partial charge in [-0.3, -0.25) is 9.20 Å². The lowest BCUT2D eigenvalue weighted by Gasteiger charge is -2.53. The van der Waals surface area contributed by atoms with Crippen LogP contribution in [0.4, 0.5) is 0 Å². The summed E-state index contributed by atoms with van der Waals surface area (Å²) in [5.41, 5.74) is -0.323. The molecule has 0 spiro atoms. The number of piperidine rings is 1. The summed E-state index contributed by atoms with van der Waals surface area (Å²) < 4.78 is 13.2. The number of fused-ring (bicyclic) bond motifs is 1. The zero-order chi connectivity index (χ0) is 21.3. The smallest absolute Gasteiger partial charge is 0.188 e. The number of hydrogen-bond donors (Lipinski definition) is 2.